The van der Waals surface area contributed by atoms with Crippen molar-refractivity contribution in [1.82, 2.24) is 19.9 Å². The Balaban J connectivity index is 0.00000122. The SMILES string of the molecule is C#Cc1c(F)ccc2cc(O)cc(-c3ncc4c(N5CC6CC(O)C(C6)C5)nc(OCC56CCCC5N(C)CCC6)nc4c3F)c12.CCC. The van der Waals surface area contributed by atoms with Gasteiger partial charge >= 0.3 is 6.01 Å². The molecule has 49 heavy (non-hydrogen) atoms. The number of aliphatic hydroxyl groups excluding tert-OH is 1. The van der Waals surface area contributed by atoms with Crippen LogP contribution in [-0.2, 0) is 0 Å². The number of aliphatic hydroxyl groups is 1. The lowest BCUT2D eigenvalue weighted by molar-refractivity contribution is 0.0133. The minimum absolute atomic E-state index is 0.00203. The lowest BCUT2D eigenvalue weighted by Gasteiger charge is -2.44. The maximum Gasteiger partial charge on any atom is 0.319 e. The summed E-state index contributed by atoms with van der Waals surface area (Å²) in [5.74, 6) is 1.85. The summed E-state index contributed by atoms with van der Waals surface area (Å²) >= 11 is 0. The van der Waals surface area contributed by atoms with Crippen LogP contribution in [-0.4, -0.2) is 75.5 Å². The Morgan fingerprint density at radius 3 is 2.67 bits per heavy atom. The number of halogens is 2. The van der Waals surface area contributed by atoms with E-state index in [1.165, 1.54) is 36.9 Å². The normalized spacial score (nSPS) is 26.3. The Kier molecular flexibility index (Phi) is 9.09. The van der Waals surface area contributed by atoms with Gasteiger partial charge in [-0.1, -0.05) is 38.7 Å². The van der Waals surface area contributed by atoms with Crippen LogP contribution in [0.1, 0.15) is 70.8 Å². The number of anilines is 1. The summed E-state index contributed by atoms with van der Waals surface area (Å²) in [6.45, 7) is 7.04. The number of likely N-dealkylation sites (tertiary alicyclic amines) is 1. The van der Waals surface area contributed by atoms with E-state index in [1.807, 2.05) is 0 Å². The van der Waals surface area contributed by atoms with E-state index in [2.05, 4.69) is 46.6 Å². The zero-order chi connectivity index (χ0) is 34.4. The Morgan fingerprint density at radius 1 is 1.10 bits per heavy atom. The smallest absolute Gasteiger partial charge is 0.319 e. The predicted octanol–water partition coefficient (Wildman–Crippen LogP) is 7.08. The Bertz CT molecular complexity index is 1930. The number of hydrogen-bond donors (Lipinski definition) is 2. The minimum atomic E-state index is -0.737. The van der Waals surface area contributed by atoms with Crippen LogP contribution in [0.25, 0.3) is 32.9 Å². The first-order chi connectivity index (χ1) is 23.7. The summed E-state index contributed by atoms with van der Waals surface area (Å²) in [6, 6.07) is 6.07. The molecule has 8 nitrogen and oxygen atoms in total. The van der Waals surface area contributed by atoms with Crippen LogP contribution >= 0.6 is 0 Å². The first-order valence-corrected chi connectivity index (χ1v) is 17.7. The molecule has 4 heterocycles. The van der Waals surface area contributed by atoms with E-state index < -0.39 is 11.6 Å². The van der Waals surface area contributed by atoms with Crippen molar-refractivity contribution in [2.45, 2.75) is 77.4 Å². The molecule has 2 aromatic heterocycles. The summed E-state index contributed by atoms with van der Waals surface area (Å²) in [4.78, 5) is 18.6. The van der Waals surface area contributed by atoms with E-state index in [-0.39, 0.29) is 56.9 Å². The van der Waals surface area contributed by atoms with E-state index in [0.717, 1.165) is 51.5 Å². The van der Waals surface area contributed by atoms with Crippen molar-refractivity contribution >= 4 is 27.5 Å². The van der Waals surface area contributed by atoms with Crippen molar-refractivity contribution < 1.29 is 23.7 Å². The molecular formula is C39H45F2N5O3. The minimum Gasteiger partial charge on any atom is -0.508 e. The molecule has 2 aromatic carbocycles. The molecule has 2 saturated heterocycles. The molecule has 0 amide bonds. The van der Waals surface area contributed by atoms with E-state index in [1.54, 1.807) is 0 Å². The highest BCUT2D eigenvalue weighted by Crippen LogP contribution is 2.48. The Hall–Kier alpha value is -4.07. The number of nitrogens with zero attached hydrogens (tertiary/aromatic N) is 5. The highest BCUT2D eigenvalue weighted by atomic mass is 19.1. The summed E-state index contributed by atoms with van der Waals surface area (Å²) in [5, 5.41) is 22.4. The van der Waals surface area contributed by atoms with Crippen LogP contribution in [0.15, 0.2) is 30.5 Å². The maximum atomic E-state index is 16.9. The number of fused-ring (bicyclic) bond motifs is 5. The summed E-state index contributed by atoms with van der Waals surface area (Å²) < 4.78 is 38.2. The molecule has 4 aliphatic rings. The molecule has 0 radical (unpaired) electrons. The van der Waals surface area contributed by atoms with Crippen LogP contribution < -0.4 is 9.64 Å². The van der Waals surface area contributed by atoms with Gasteiger partial charge in [0.1, 0.15) is 28.6 Å². The quantitative estimate of drug-likeness (QED) is 0.218. The third-order valence-electron chi connectivity index (χ3n) is 11.1. The molecule has 2 aliphatic carbocycles. The molecule has 5 unspecified atom stereocenters. The number of piperidine rings is 2. The second-order valence-electron chi connectivity index (χ2n) is 14.6. The van der Waals surface area contributed by atoms with Gasteiger partial charge in [-0.15, -0.1) is 6.42 Å². The Labute approximate surface area is 286 Å². The molecule has 2 aliphatic heterocycles. The van der Waals surface area contributed by atoms with Gasteiger partial charge in [0.2, 0.25) is 0 Å². The molecule has 8 rings (SSSR count). The van der Waals surface area contributed by atoms with E-state index in [4.69, 9.17) is 16.1 Å². The number of hydrogen-bond acceptors (Lipinski definition) is 8. The van der Waals surface area contributed by atoms with E-state index in [9.17, 15) is 14.6 Å². The summed E-state index contributed by atoms with van der Waals surface area (Å²) in [6.07, 6.45) is 15.3. The molecule has 5 atom stereocenters. The molecular weight excluding hydrogens is 624 g/mol. The van der Waals surface area contributed by atoms with Crippen LogP contribution in [0, 0.1) is 41.2 Å². The number of aromatic nitrogens is 3. The van der Waals surface area contributed by atoms with E-state index >= 15 is 4.39 Å². The van der Waals surface area contributed by atoms with E-state index in [0.29, 0.717) is 48.2 Å². The zero-order valence-electron chi connectivity index (χ0n) is 28.6. The molecule has 2 bridgehead atoms. The average molecular weight is 670 g/mol. The van der Waals surface area contributed by atoms with Gasteiger partial charge in [-0.05, 0) is 81.6 Å². The molecule has 4 aromatic rings. The van der Waals surface area contributed by atoms with Crippen molar-refractivity contribution in [3.8, 4) is 35.4 Å². The third-order valence-corrected chi connectivity index (χ3v) is 11.1. The van der Waals surface area contributed by atoms with Crippen molar-refractivity contribution in [3.05, 3.63) is 47.7 Å². The predicted molar refractivity (Wildman–Crippen MR) is 188 cm³/mol. The van der Waals surface area contributed by atoms with Gasteiger partial charge in [-0.2, -0.15) is 9.97 Å². The fourth-order valence-electron chi connectivity index (χ4n) is 9.06. The fraction of sp³-hybridized carbons (Fsp3) is 0.513. The number of terminal acetylenes is 1. The van der Waals surface area contributed by atoms with Gasteiger partial charge in [0.15, 0.2) is 5.82 Å². The number of phenols is 1. The second kappa shape index (κ2) is 13.3. The topological polar surface area (TPSA) is 94.8 Å². The number of pyridine rings is 1. The average Bonchev–Trinajstić information content (AvgIpc) is 3.64. The number of phenolic OH excluding ortho intramolecular Hbond substituents is 1. The Morgan fingerprint density at radius 2 is 1.90 bits per heavy atom. The summed E-state index contributed by atoms with van der Waals surface area (Å²) in [7, 11) is 2.18. The maximum absolute atomic E-state index is 16.9. The van der Waals surface area contributed by atoms with Gasteiger partial charge in [0.25, 0.3) is 0 Å². The summed E-state index contributed by atoms with van der Waals surface area (Å²) in [5.41, 5.74) is 0.0502. The molecule has 0 spiro atoms. The first-order valence-electron chi connectivity index (χ1n) is 17.7. The number of rotatable bonds is 5. The van der Waals surface area contributed by atoms with Crippen LogP contribution in [0.5, 0.6) is 11.8 Å². The van der Waals surface area contributed by atoms with Crippen LogP contribution in [0.2, 0.25) is 0 Å². The lowest BCUT2D eigenvalue weighted by atomic mass is 9.76. The highest BCUT2D eigenvalue weighted by molar-refractivity contribution is 6.03. The number of ether oxygens (including phenoxy) is 1. The van der Waals surface area contributed by atoms with Crippen LogP contribution in [0.4, 0.5) is 14.6 Å². The fourth-order valence-corrected chi connectivity index (χ4v) is 9.06. The first kappa shape index (κ1) is 33.4. The van der Waals surface area contributed by atoms with Gasteiger partial charge in [0.05, 0.1) is 23.7 Å². The van der Waals surface area contributed by atoms with Crippen molar-refractivity contribution in [2.24, 2.45) is 17.3 Å². The zero-order valence-corrected chi connectivity index (χ0v) is 28.6. The van der Waals surface area contributed by atoms with Crippen molar-refractivity contribution in [3.63, 3.8) is 0 Å². The molecule has 2 saturated carbocycles. The van der Waals surface area contributed by atoms with Crippen LogP contribution in [0.3, 0.4) is 0 Å². The van der Waals surface area contributed by atoms with Gasteiger partial charge in [0, 0.05) is 47.6 Å². The highest BCUT2D eigenvalue weighted by Gasteiger charge is 2.47. The van der Waals surface area contributed by atoms with Crippen molar-refractivity contribution in [2.75, 3.05) is 38.2 Å². The molecule has 2 N–H and O–H groups in total. The van der Waals surface area contributed by atoms with Gasteiger partial charge in [-0.3, -0.25) is 4.98 Å². The lowest BCUT2D eigenvalue weighted by Crippen LogP contribution is -2.50. The number of benzene rings is 2. The second-order valence-corrected chi connectivity index (χ2v) is 14.6. The molecule has 10 heteroatoms. The third kappa shape index (κ3) is 5.95. The van der Waals surface area contributed by atoms with Gasteiger partial charge in [-0.25, -0.2) is 8.78 Å². The molecule has 4 fully saturated rings. The standard InChI is InChI=1S/C36H37F2N5O3.C3H8/c1-3-24-27(37)8-7-21-14-23(44)15-25(30(21)24)32-31(38)33-26(16-39-32)34(43-17-20-12-22(18-43)28(45)13-20)41-35(40-33)46-19-36-9-4-6-29(36)42(2)11-5-10-36;1-3-2/h1,7-8,14-16,20,22,28-29,44-45H,4-6,9-13,17-19H2,2H3;3H2,1-2H3. The number of aromatic hydroxyl groups is 1. The van der Waals surface area contributed by atoms with Crippen molar-refractivity contribution in [1.29, 1.82) is 0 Å². The largest absolute Gasteiger partial charge is 0.508 e. The van der Waals surface area contributed by atoms with Gasteiger partial charge < -0.3 is 24.7 Å². The molecule has 258 valence electrons. The monoisotopic (exact) mass is 669 g/mol.